The standard InChI is InChI=1S/C22H20N6O2S/c1-3-19(30-16-7-5-4-6-8-16)21-27-28-20(25-26-22(28)31-21)18-13-17(23-24-18)14-9-11-15(29-2)12-10-14/h4-13,19H,3H2,1-2H3,(H,23,24). The number of benzene rings is 2. The first-order valence-electron chi connectivity index (χ1n) is 9.89. The Kier molecular flexibility index (Phi) is 5.09. The number of fused-ring (bicyclic) bond motifs is 1. The number of hydrogen-bond donors (Lipinski definition) is 1. The molecule has 0 radical (unpaired) electrons. The molecule has 0 saturated carbocycles. The van der Waals surface area contributed by atoms with Crippen LogP contribution in [0.3, 0.4) is 0 Å². The quantitative estimate of drug-likeness (QED) is 0.398. The summed E-state index contributed by atoms with van der Waals surface area (Å²) in [6.45, 7) is 2.08. The van der Waals surface area contributed by atoms with Crippen molar-refractivity contribution in [3.05, 3.63) is 65.7 Å². The highest BCUT2D eigenvalue weighted by Gasteiger charge is 2.21. The fourth-order valence-corrected chi connectivity index (χ4v) is 4.20. The van der Waals surface area contributed by atoms with Crippen LogP contribution in [0.5, 0.6) is 11.5 Å². The third-order valence-corrected chi connectivity index (χ3v) is 5.87. The van der Waals surface area contributed by atoms with Gasteiger partial charge in [0.25, 0.3) is 0 Å². The Labute approximate surface area is 182 Å². The third-order valence-electron chi connectivity index (χ3n) is 4.88. The average molecular weight is 433 g/mol. The summed E-state index contributed by atoms with van der Waals surface area (Å²) in [6.07, 6.45) is 0.638. The zero-order valence-corrected chi connectivity index (χ0v) is 17.8. The second-order valence-corrected chi connectivity index (χ2v) is 7.87. The highest BCUT2D eigenvalue weighted by Crippen LogP contribution is 2.30. The summed E-state index contributed by atoms with van der Waals surface area (Å²) in [5, 5.41) is 21.7. The molecule has 0 saturated heterocycles. The molecule has 5 rings (SSSR count). The molecule has 0 aliphatic heterocycles. The summed E-state index contributed by atoms with van der Waals surface area (Å²) in [6, 6.07) is 19.4. The monoisotopic (exact) mass is 432 g/mol. The number of aromatic nitrogens is 6. The first-order valence-corrected chi connectivity index (χ1v) is 10.7. The second-order valence-electron chi connectivity index (χ2n) is 6.88. The van der Waals surface area contributed by atoms with Gasteiger partial charge in [-0.05, 0) is 48.9 Å². The van der Waals surface area contributed by atoms with Crippen LogP contribution in [0.25, 0.3) is 27.7 Å². The van der Waals surface area contributed by atoms with E-state index in [0.717, 1.165) is 39.9 Å². The number of nitrogens with zero attached hydrogens (tertiary/aromatic N) is 5. The molecule has 2 aromatic carbocycles. The summed E-state index contributed by atoms with van der Waals surface area (Å²) in [7, 11) is 1.65. The van der Waals surface area contributed by atoms with Crippen LogP contribution in [0, 0.1) is 0 Å². The summed E-state index contributed by atoms with van der Waals surface area (Å²) in [4.78, 5) is 0.709. The Morgan fingerprint density at radius 3 is 2.58 bits per heavy atom. The van der Waals surface area contributed by atoms with E-state index in [2.05, 4.69) is 27.3 Å². The molecule has 3 aromatic heterocycles. The van der Waals surface area contributed by atoms with Gasteiger partial charge in [0.2, 0.25) is 10.8 Å². The maximum atomic E-state index is 6.13. The summed E-state index contributed by atoms with van der Waals surface area (Å²) in [5.41, 5.74) is 2.53. The van der Waals surface area contributed by atoms with E-state index in [1.54, 1.807) is 11.6 Å². The van der Waals surface area contributed by atoms with Gasteiger partial charge in [0.15, 0.2) is 11.1 Å². The van der Waals surface area contributed by atoms with Crippen LogP contribution in [-0.2, 0) is 0 Å². The third kappa shape index (κ3) is 3.75. The predicted octanol–water partition coefficient (Wildman–Crippen LogP) is 4.78. The van der Waals surface area contributed by atoms with Crippen molar-refractivity contribution in [2.75, 3.05) is 7.11 Å². The zero-order valence-electron chi connectivity index (χ0n) is 17.0. The summed E-state index contributed by atoms with van der Waals surface area (Å²) >= 11 is 1.48. The molecule has 9 heteroatoms. The Bertz CT molecular complexity index is 1290. The molecule has 156 valence electrons. The highest BCUT2D eigenvalue weighted by atomic mass is 32.1. The van der Waals surface area contributed by atoms with Gasteiger partial charge in [-0.1, -0.05) is 36.5 Å². The normalized spacial score (nSPS) is 12.2. The van der Waals surface area contributed by atoms with Crippen LogP contribution < -0.4 is 9.47 Å². The molecule has 8 nitrogen and oxygen atoms in total. The Balaban J connectivity index is 1.43. The van der Waals surface area contributed by atoms with Gasteiger partial charge in [0, 0.05) is 5.56 Å². The first kappa shape index (κ1) is 19.3. The molecule has 3 heterocycles. The molecule has 0 spiro atoms. The lowest BCUT2D eigenvalue weighted by Crippen LogP contribution is -2.07. The molecule has 31 heavy (non-hydrogen) atoms. The molecule has 1 unspecified atom stereocenters. The number of nitrogens with one attached hydrogen (secondary N) is 1. The minimum Gasteiger partial charge on any atom is -0.497 e. The van der Waals surface area contributed by atoms with Crippen molar-refractivity contribution < 1.29 is 9.47 Å². The molecule has 0 amide bonds. The zero-order chi connectivity index (χ0) is 21.2. The van der Waals surface area contributed by atoms with Crippen LogP contribution in [0.1, 0.15) is 24.5 Å². The topological polar surface area (TPSA) is 90.2 Å². The van der Waals surface area contributed by atoms with Gasteiger partial charge in [0.1, 0.15) is 17.2 Å². The molecular weight excluding hydrogens is 412 g/mol. The SMILES string of the molecule is CCC(Oc1ccccc1)c1nn2c(-c3cc(-c4ccc(OC)cc4)n[nH]3)nnc2s1. The van der Waals surface area contributed by atoms with Gasteiger partial charge < -0.3 is 9.47 Å². The van der Waals surface area contributed by atoms with Gasteiger partial charge in [-0.3, -0.25) is 5.10 Å². The fourth-order valence-electron chi connectivity index (χ4n) is 3.25. The van der Waals surface area contributed by atoms with E-state index in [9.17, 15) is 0 Å². The van der Waals surface area contributed by atoms with Crippen LogP contribution >= 0.6 is 11.3 Å². The number of aromatic amines is 1. The van der Waals surface area contributed by atoms with Gasteiger partial charge in [-0.2, -0.15) is 14.7 Å². The Hall–Kier alpha value is -3.72. The number of hydrogen-bond acceptors (Lipinski definition) is 7. The van der Waals surface area contributed by atoms with Crippen molar-refractivity contribution in [3.8, 4) is 34.3 Å². The van der Waals surface area contributed by atoms with Crippen molar-refractivity contribution in [2.45, 2.75) is 19.4 Å². The van der Waals surface area contributed by atoms with Crippen molar-refractivity contribution in [3.63, 3.8) is 0 Å². The maximum Gasteiger partial charge on any atom is 0.235 e. The van der Waals surface area contributed by atoms with E-state index >= 15 is 0 Å². The van der Waals surface area contributed by atoms with E-state index in [4.69, 9.17) is 14.6 Å². The first-order chi connectivity index (χ1) is 15.2. The van der Waals surface area contributed by atoms with E-state index in [-0.39, 0.29) is 6.10 Å². The summed E-state index contributed by atoms with van der Waals surface area (Å²) < 4.78 is 13.1. The number of para-hydroxylation sites is 1. The Morgan fingerprint density at radius 1 is 1.03 bits per heavy atom. The fraction of sp³-hybridized carbons (Fsp3) is 0.182. The molecule has 5 aromatic rings. The van der Waals surface area contributed by atoms with Crippen LogP contribution in [0.4, 0.5) is 0 Å². The number of H-pyrrole nitrogens is 1. The number of ether oxygens (including phenoxy) is 2. The lowest BCUT2D eigenvalue weighted by Gasteiger charge is -2.14. The molecule has 0 fully saturated rings. The number of rotatable bonds is 7. The minimum absolute atomic E-state index is 0.154. The van der Waals surface area contributed by atoms with E-state index in [0.29, 0.717) is 10.8 Å². The van der Waals surface area contributed by atoms with Crippen molar-refractivity contribution >= 4 is 16.3 Å². The second kappa shape index (κ2) is 8.19. The molecule has 0 aliphatic carbocycles. The molecule has 1 N–H and O–H groups in total. The Morgan fingerprint density at radius 2 is 1.84 bits per heavy atom. The van der Waals surface area contributed by atoms with Gasteiger partial charge >= 0.3 is 0 Å². The van der Waals surface area contributed by atoms with Crippen molar-refractivity contribution in [1.29, 1.82) is 0 Å². The summed E-state index contributed by atoms with van der Waals surface area (Å²) in [5.74, 6) is 2.23. The van der Waals surface area contributed by atoms with Gasteiger partial charge in [0.05, 0.1) is 12.8 Å². The highest BCUT2D eigenvalue weighted by molar-refractivity contribution is 7.16. The van der Waals surface area contributed by atoms with Crippen LogP contribution in [-0.4, -0.2) is 37.1 Å². The largest absolute Gasteiger partial charge is 0.497 e. The molecule has 1 atom stereocenters. The van der Waals surface area contributed by atoms with Crippen molar-refractivity contribution in [2.24, 2.45) is 0 Å². The van der Waals surface area contributed by atoms with Crippen LogP contribution in [0.2, 0.25) is 0 Å². The molecular formula is C22H20N6O2S. The minimum atomic E-state index is -0.154. The maximum absolute atomic E-state index is 6.13. The van der Waals surface area contributed by atoms with E-state index in [1.807, 2.05) is 60.7 Å². The molecule has 0 aliphatic rings. The van der Waals surface area contributed by atoms with Gasteiger partial charge in [-0.15, -0.1) is 10.2 Å². The van der Waals surface area contributed by atoms with Gasteiger partial charge in [-0.25, -0.2) is 0 Å². The number of methoxy groups -OCH3 is 1. The van der Waals surface area contributed by atoms with Crippen molar-refractivity contribution in [1.82, 2.24) is 30.0 Å². The van der Waals surface area contributed by atoms with Crippen LogP contribution in [0.15, 0.2) is 60.7 Å². The van der Waals surface area contributed by atoms with E-state index in [1.165, 1.54) is 11.3 Å². The molecule has 0 bridgehead atoms. The predicted molar refractivity (Wildman–Crippen MR) is 118 cm³/mol. The lowest BCUT2D eigenvalue weighted by atomic mass is 10.1. The lowest BCUT2D eigenvalue weighted by molar-refractivity contribution is 0.199. The average Bonchev–Trinajstić information content (AvgIpc) is 3.54. The van der Waals surface area contributed by atoms with E-state index < -0.39 is 0 Å². The smallest absolute Gasteiger partial charge is 0.235 e.